The molecule has 1 amide bonds. The van der Waals surface area contributed by atoms with Crippen LogP contribution in [0, 0.1) is 5.92 Å². The van der Waals surface area contributed by atoms with E-state index in [4.69, 9.17) is 18.0 Å². The van der Waals surface area contributed by atoms with Crippen molar-refractivity contribution >= 4 is 34.9 Å². The Bertz CT molecular complexity index is 318. The van der Waals surface area contributed by atoms with Gasteiger partial charge in [-0.25, -0.2) is 0 Å². The van der Waals surface area contributed by atoms with E-state index in [-0.39, 0.29) is 16.6 Å². The van der Waals surface area contributed by atoms with Crippen LogP contribution in [-0.4, -0.2) is 39.4 Å². The third-order valence-corrected chi connectivity index (χ3v) is 5.03. The highest BCUT2D eigenvalue weighted by Crippen LogP contribution is 2.31. The van der Waals surface area contributed by atoms with Gasteiger partial charge in [0, 0.05) is 23.6 Å². The van der Waals surface area contributed by atoms with Crippen LogP contribution in [-0.2, 0) is 4.79 Å². The fraction of sp³-hybridized carbons (Fsp3) is 0.846. The van der Waals surface area contributed by atoms with Crippen LogP contribution in [0.4, 0.5) is 0 Å². The fourth-order valence-corrected chi connectivity index (χ4v) is 3.46. The SMILES string of the molecule is CCCC(C(=O)N1CCSC(C)(C)CC1)C(N)=S. The second-order valence-electron chi connectivity index (χ2n) is 5.43. The molecule has 1 aliphatic rings. The number of nitrogens with zero attached hydrogens (tertiary/aromatic N) is 1. The van der Waals surface area contributed by atoms with Gasteiger partial charge in [0.1, 0.15) is 0 Å². The number of rotatable bonds is 4. The van der Waals surface area contributed by atoms with E-state index in [0.29, 0.717) is 4.99 Å². The van der Waals surface area contributed by atoms with Gasteiger partial charge in [0.05, 0.1) is 10.9 Å². The summed E-state index contributed by atoms with van der Waals surface area (Å²) in [6.45, 7) is 8.17. The van der Waals surface area contributed by atoms with E-state index in [9.17, 15) is 4.79 Å². The molecular weight excluding hydrogens is 264 g/mol. The molecule has 0 aliphatic carbocycles. The van der Waals surface area contributed by atoms with E-state index in [2.05, 4.69) is 20.8 Å². The zero-order chi connectivity index (χ0) is 13.8. The summed E-state index contributed by atoms with van der Waals surface area (Å²) in [4.78, 5) is 14.7. The zero-order valence-corrected chi connectivity index (χ0v) is 13.2. The Morgan fingerprint density at radius 3 is 2.72 bits per heavy atom. The molecule has 1 fully saturated rings. The van der Waals surface area contributed by atoms with Crippen molar-refractivity contribution < 1.29 is 4.79 Å². The number of thiocarbonyl (C=S) groups is 1. The number of hydrogen-bond donors (Lipinski definition) is 1. The maximum atomic E-state index is 12.4. The average molecular weight is 288 g/mol. The minimum absolute atomic E-state index is 0.127. The molecule has 0 saturated carbocycles. The lowest BCUT2D eigenvalue weighted by Gasteiger charge is -2.26. The first-order chi connectivity index (χ1) is 8.37. The first-order valence-corrected chi connectivity index (χ1v) is 7.99. The Labute approximate surface area is 120 Å². The predicted molar refractivity (Wildman–Crippen MR) is 82.9 cm³/mol. The first kappa shape index (κ1) is 15.8. The Hall–Kier alpha value is -0.290. The topological polar surface area (TPSA) is 46.3 Å². The third-order valence-electron chi connectivity index (χ3n) is 3.37. The molecule has 1 heterocycles. The lowest BCUT2D eigenvalue weighted by Crippen LogP contribution is -2.42. The van der Waals surface area contributed by atoms with Gasteiger partial charge in [-0.1, -0.05) is 39.4 Å². The van der Waals surface area contributed by atoms with Crippen LogP contribution in [0.15, 0.2) is 0 Å². The van der Waals surface area contributed by atoms with Crippen molar-refractivity contribution in [3.05, 3.63) is 0 Å². The van der Waals surface area contributed by atoms with Crippen LogP contribution in [0.3, 0.4) is 0 Å². The molecule has 1 rings (SSSR count). The minimum Gasteiger partial charge on any atom is -0.393 e. The van der Waals surface area contributed by atoms with Gasteiger partial charge >= 0.3 is 0 Å². The van der Waals surface area contributed by atoms with Crippen molar-refractivity contribution in [2.24, 2.45) is 11.7 Å². The Morgan fingerprint density at radius 1 is 1.50 bits per heavy atom. The van der Waals surface area contributed by atoms with E-state index < -0.39 is 0 Å². The quantitative estimate of drug-likeness (QED) is 0.807. The average Bonchev–Trinajstić information content (AvgIpc) is 2.46. The van der Waals surface area contributed by atoms with Gasteiger partial charge in [-0.05, 0) is 12.8 Å². The van der Waals surface area contributed by atoms with Crippen LogP contribution in [0.5, 0.6) is 0 Å². The molecule has 0 spiro atoms. The van der Waals surface area contributed by atoms with Crippen LogP contribution >= 0.6 is 24.0 Å². The largest absolute Gasteiger partial charge is 0.393 e. The van der Waals surface area contributed by atoms with E-state index in [1.54, 1.807) is 0 Å². The summed E-state index contributed by atoms with van der Waals surface area (Å²) in [5, 5.41) is 0. The molecule has 5 heteroatoms. The number of nitrogens with two attached hydrogens (primary N) is 1. The zero-order valence-electron chi connectivity index (χ0n) is 11.6. The second-order valence-corrected chi connectivity index (χ2v) is 7.70. The predicted octanol–water partition coefficient (Wildman–Crippen LogP) is 2.43. The van der Waals surface area contributed by atoms with Gasteiger partial charge in [0.25, 0.3) is 0 Å². The van der Waals surface area contributed by atoms with Gasteiger partial charge in [0.2, 0.25) is 5.91 Å². The third kappa shape index (κ3) is 4.43. The van der Waals surface area contributed by atoms with Crippen LogP contribution in [0.25, 0.3) is 0 Å². The second kappa shape index (κ2) is 6.75. The lowest BCUT2D eigenvalue weighted by atomic mass is 10.0. The maximum Gasteiger partial charge on any atom is 0.232 e. The molecule has 0 bridgehead atoms. The molecular formula is C13H24N2OS2. The van der Waals surface area contributed by atoms with Gasteiger partial charge in [-0.2, -0.15) is 11.8 Å². The van der Waals surface area contributed by atoms with Crippen LogP contribution in [0.2, 0.25) is 0 Å². The number of carbonyl (C=O) groups excluding carboxylic acids is 1. The molecule has 0 aromatic carbocycles. The van der Waals surface area contributed by atoms with Crippen molar-refractivity contribution in [3.63, 3.8) is 0 Å². The molecule has 1 unspecified atom stereocenters. The molecule has 0 aromatic rings. The molecule has 1 saturated heterocycles. The van der Waals surface area contributed by atoms with Gasteiger partial charge in [-0.15, -0.1) is 0 Å². The summed E-state index contributed by atoms with van der Waals surface area (Å²) >= 11 is 6.97. The lowest BCUT2D eigenvalue weighted by molar-refractivity contribution is -0.133. The van der Waals surface area contributed by atoms with Gasteiger partial charge in [0.15, 0.2) is 0 Å². The van der Waals surface area contributed by atoms with Crippen LogP contribution in [0.1, 0.15) is 40.0 Å². The van der Waals surface area contributed by atoms with E-state index >= 15 is 0 Å². The maximum absolute atomic E-state index is 12.4. The number of carbonyl (C=O) groups is 1. The molecule has 1 atom stereocenters. The molecule has 0 radical (unpaired) electrons. The monoisotopic (exact) mass is 288 g/mol. The van der Waals surface area contributed by atoms with Crippen molar-refractivity contribution in [3.8, 4) is 0 Å². The molecule has 1 aliphatic heterocycles. The molecule has 0 aromatic heterocycles. The Kier molecular flexibility index (Phi) is 5.92. The van der Waals surface area contributed by atoms with Gasteiger partial charge in [-0.3, -0.25) is 4.79 Å². The number of amides is 1. The highest BCUT2D eigenvalue weighted by molar-refractivity contribution is 8.00. The summed E-state index contributed by atoms with van der Waals surface area (Å²) < 4.78 is 0.262. The Morgan fingerprint density at radius 2 is 2.17 bits per heavy atom. The summed E-state index contributed by atoms with van der Waals surface area (Å²) in [7, 11) is 0. The number of hydrogen-bond acceptors (Lipinski definition) is 3. The molecule has 104 valence electrons. The van der Waals surface area contributed by atoms with Crippen molar-refractivity contribution in [2.45, 2.75) is 44.8 Å². The normalized spacial score (nSPS) is 21.2. The standard InChI is InChI=1S/C13H24N2OS2/c1-4-5-10(11(14)17)12(16)15-7-6-13(2,3)18-9-8-15/h10H,4-9H2,1-3H3,(H2,14,17). The minimum atomic E-state index is -0.267. The van der Waals surface area contributed by atoms with Crippen LogP contribution < -0.4 is 5.73 Å². The Balaban J connectivity index is 2.67. The van der Waals surface area contributed by atoms with E-state index in [1.807, 2.05) is 16.7 Å². The summed E-state index contributed by atoms with van der Waals surface area (Å²) in [5.41, 5.74) is 5.70. The smallest absolute Gasteiger partial charge is 0.232 e. The highest BCUT2D eigenvalue weighted by atomic mass is 32.2. The summed E-state index contributed by atoms with van der Waals surface area (Å²) in [6.07, 6.45) is 2.72. The van der Waals surface area contributed by atoms with Crippen molar-refractivity contribution in [1.82, 2.24) is 4.90 Å². The first-order valence-electron chi connectivity index (χ1n) is 6.59. The van der Waals surface area contributed by atoms with E-state index in [0.717, 1.165) is 38.1 Å². The van der Waals surface area contributed by atoms with E-state index in [1.165, 1.54) is 0 Å². The fourth-order valence-electron chi connectivity index (χ4n) is 2.14. The summed E-state index contributed by atoms with van der Waals surface area (Å²) in [6, 6.07) is 0. The molecule has 18 heavy (non-hydrogen) atoms. The van der Waals surface area contributed by atoms with Gasteiger partial charge < -0.3 is 10.6 Å². The summed E-state index contributed by atoms with van der Waals surface area (Å²) in [5.74, 6) is 0.855. The molecule has 3 nitrogen and oxygen atoms in total. The van der Waals surface area contributed by atoms with Crippen molar-refractivity contribution in [1.29, 1.82) is 0 Å². The number of thioether (sulfide) groups is 1. The van der Waals surface area contributed by atoms with Crippen molar-refractivity contribution in [2.75, 3.05) is 18.8 Å². The molecule has 2 N–H and O–H groups in total. The highest BCUT2D eigenvalue weighted by Gasteiger charge is 2.30.